The van der Waals surface area contributed by atoms with Crippen molar-refractivity contribution in [2.45, 2.75) is 37.3 Å². The van der Waals surface area contributed by atoms with Gasteiger partial charge in [0.1, 0.15) is 5.75 Å². The van der Waals surface area contributed by atoms with Gasteiger partial charge in [-0.1, -0.05) is 38.1 Å². The van der Waals surface area contributed by atoms with E-state index < -0.39 is 28.1 Å². The normalized spacial score (nSPS) is 18.5. The van der Waals surface area contributed by atoms with Crippen LogP contribution in [0.3, 0.4) is 0 Å². The van der Waals surface area contributed by atoms with Crippen LogP contribution in [-0.4, -0.2) is 39.2 Å². The Hall–Kier alpha value is -2.42. The lowest BCUT2D eigenvalue weighted by atomic mass is 10.1. The number of carbonyl (C=O) groups is 1. The van der Waals surface area contributed by atoms with E-state index in [1.807, 2.05) is 38.1 Å². The van der Waals surface area contributed by atoms with Gasteiger partial charge in [-0.2, -0.15) is 0 Å². The summed E-state index contributed by atoms with van der Waals surface area (Å²) >= 11 is 0. The van der Waals surface area contributed by atoms with E-state index in [9.17, 15) is 18.3 Å². The van der Waals surface area contributed by atoms with Crippen LogP contribution >= 0.6 is 0 Å². The second-order valence-corrected chi connectivity index (χ2v) is 9.30. The second kappa shape index (κ2) is 8.52. The summed E-state index contributed by atoms with van der Waals surface area (Å²) < 4.78 is 32.9. The number of ether oxygens (including phenoxy) is 1. The third kappa shape index (κ3) is 4.60. The monoisotopic (exact) mass is 418 g/mol. The summed E-state index contributed by atoms with van der Waals surface area (Å²) in [4.78, 5) is 12.9. The highest BCUT2D eigenvalue weighted by atomic mass is 32.2. The SMILES string of the molecule is COc1ccc(S(=O)(=O)NCC(C)C)cc1C(=O)N[C@H]1c2ccccc2C[C@H]1O. The molecule has 2 aromatic rings. The minimum Gasteiger partial charge on any atom is -0.496 e. The molecule has 1 aliphatic carbocycles. The summed E-state index contributed by atoms with van der Waals surface area (Å²) in [6, 6.07) is 11.1. The number of aliphatic hydroxyl groups is 1. The molecule has 2 atom stereocenters. The molecule has 0 aliphatic heterocycles. The summed E-state index contributed by atoms with van der Waals surface area (Å²) in [5.74, 6) is -0.107. The third-order valence-electron chi connectivity index (χ3n) is 4.90. The average molecular weight is 419 g/mol. The summed E-state index contributed by atoms with van der Waals surface area (Å²) in [7, 11) is -2.34. The fourth-order valence-corrected chi connectivity index (χ4v) is 4.60. The quantitative estimate of drug-likeness (QED) is 0.638. The van der Waals surface area contributed by atoms with E-state index in [4.69, 9.17) is 4.74 Å². The number of sulfonamides is 1. The largest absolute Gasteiger partial charge is 0.496 e. The molecule has 1 amide bonds. The van der Waals surface area contributed by atoms with E-state index in [0.29, 0.717) is 13.0 Å². The Morgan fingerprint density at radius 2 is 1.97 bits per heavy atom. The highest BCUT2D eigenvalue weighted by Crippen LogP contribution is 2.32. The highest BCUT2D eigenvalue weighted by molar-refractivity contribution is 7.89. The third-order valence-corrected chi connectivity index (χ3v) is 6.32. The van der Waals surface area contributed by atoms with Gasteiger partial charge in [-0.25, -0.2) is 13.1 Å². The summed E-state index contributed by atoms with van der Waals surface area (Å²) in [6.45, 7) is 4.10. The van der Waals surface area contributed by atoms with Crippen LogP contribution in [-0.2, 0) is 16.4 Å². The fourth-order valence-electron chi connectivity index (χ4n) is 3.36. The van der Waals surface area contributed by atoms with Crippen molar-refractivity contribution in [1.29, 1.82) is 0 Å². The number of nitrogens with one attached hydrogen (secondary N) is 2. The zero-order valence-corrected chi connectivity index (χ0v) is 17.5. The van der Waals surface area contributed by atoms with Crippen molar-refractivity contribution in [3.63, 3.8) is 0 Å². The lowest BCUT2D eigenvalue weighted by Gasteiger charge is -2.19. The predicted octanol–water partition coefficient (Wildman–Crippen LogP) is 2.02. The number of hydrogen-bond acceptors (Lipinski definition) is 5. The molecule has 0 spiro atoms. The Labute approximate surface area is 171 Å². The predicted molar refractivity (Wildman–Crippen MR) is 109 cm³/mol. The standard InChI is InChI=1S/C21H26N2O5S/c1-13(2)12-22-29(26,27)15-8-9-19(28-3)17(11-15)21(25)23-20-16-7-5-4-6-14(16)10-18(20)24/h4-9,11,13,18,20,22,24H,10,12H2,1-3H3,(H,23,25)/t18-,20+/m1/s1. The number of aliphatic hydroxyl groups excluding tert-OH is 1. The summed E-state index contributed by atoms with van der Waals surface area (Å²) in [5, 5.41) is 13.2. The van der Waals surface area contributed by atoms with Gasteiger partial charge in [0.15, 0.2) is 0 Å². The van der Waals surface area contributed by atoms with Crippen LogP contribution < -0.4 is 14.8 Å². The molecule has 156 valence electrons. The van der Waals surface area contributed by atoms with Crippen molar-refractivity contribution >= 4 is 15.9 Å². The maximum Gasteiger partial charge on any atom is 0.255 e. The first kappa shape index (κ1) is 21.3. The molecule has 0 heterocycles. The molecule has 7 nitrogen and oxygen atoms in total. The van der Waals surface area contributed by atoms with Gasteiger partial charge in [-0.05, 0) is 35.2 Å². The molecule has 3 rings (SSSR count). The topological polar surface area (TPSA) is 105 Å². The van der Waals surface area contributed by atoms with Gasteiger partial charge in [0.05, 0.1) is 29.7 Å². The first-order valence-electron chi connectivity index (χ1n) is 9.47. The fraction of sp³-hybridized carbons (Fsp3) is 0.381. The van der Waals surface area contributed by atoms with Crippen LogP contribution in [0.2, 0.25) is 0 Å². The maximum absolute atomic E-state index is 13.0. The zero-order chi connectivity index (χ0) is 21.2. The molecule has 0 bridgehead atoms. The van der Waals surface area contributed by atoms with Crippen molar-refractivity contribution < 1.29 is 23.1 Å². The van der Waals surface area contributed by atoms with Crippen molar-refractivity contribution in [3.8, 4) is 5.75 Å². The molecule has 0 radical (unpaired) electrons. The van der Waals surface area contributed by atoms with E-state index in [0.717, 1.165) is 11.1 Å². The van der Waals surface area contributed by atoms with Crippen molar-refractivity contribution in [2.75, 3.05) is 13.7 Å². The van der Waals surface area contributed by atoms with Gasteiger partial charge < -0.3 is 15.2 Å². The van der Waals surface area contributed by atoms with Gasteiger partial charge in [-0.15, -0.1) is 0 Å². The molecule has 8 heteroatoms. The van der Waals surface area contributed by atoms with E-state index in [-0.39, 0.29) is 22.1 Å². The van der Waals surface area contributed by atoms with Crippen LogP contribution in [0.15, 0.2) is 47.4 Å². The Morgan fingerprint density at radius 1 is 1.24 bits per heavy atom. The van der Waals surface area contributed by atoms with E-state index in [1.165, 1.54) is 25.3 Å². The second-order valence-electron chi connectivity index (χ2n) is 7.53. The lowest BCUT2D eigenvalue weighted by molar-refractivity contribution is 0.0855. The number of benzene rings is 2. The molecule has 29 heavy (non-hydrogen) atoms. The molecule has 0 saturated heterocycles. The first-order valence-corrected chi connectivity index (χ1v) is 11.0. The van der Waals surface area contributed by atoms with Gasteiger partial charge in [0, 0.05) is 13.0 Å². The van der Waals surface area contributed by atoms with Crippen molar-refractivity contribution in [1.82, 2.24) is 10.0 Å². The van der Waals surface area contributed by atoms with Crippen LogP contribution in [0.4, 0.5) is 0 Å². The molecule has 0 fully saturated rings. The molecule has 0 unspecified atom stereocenters. The zero-order valence-electron chi connectivity index (χ0n) is 16.7. The highest BCUT2D eigenvalue weighted by Gasteiger charge is 2.33. The molecule has 0 saturated carbocycles. The van der Waals surface area contributed by atoms with Gasteiger partial charge in [-0.3, -0.25) is 4.79 Å². The van der Waals surface area contributed by atoms with E-state index in [2.05, 4.69) is 10.0 Å². The van der Waals surface area contributed by atoms with Crippen LogP contribution in [0.5, 0.6) is 5.75 Å². The number of fused-ring (bicyclic) bond motifs is 1. The molecule has 2 aromatic carbocycles. The number of rotatable bonds is 7. The van der Waals surface area contributed by atoms with Gasteiger partial charge >= 0.3 is 0 Å². The molecule has 0 aromatic heterocycles. The Kier molecular flexibility index (Phi) is 6.26. The number of hydrogen-bond donors (Lipinski definition) is 3. The van der Waals surface area contributed by atoms with Crippen molar-refractivity contribution in [3.05, 3.63) is 59.2 Å². The number of amides is 1. The molecule has 1 aliphatic rings. The Bertz CT molecular complexity index is 1000. The minimum absolute atomic E-state index is 0.0172. The van der Waals surface area contributed by atoms with E-state index in [1.54, 1.807) is 0 Å². The Morgan fingerprint density at radius 3 is 2.66 bits per heavy atom. The molecular formula is C21H26N2O5S. The van der Waals surface area contributed by atoms with Gasteiger partial charge in [0.2, 0.25) is 10.0 Å². The molecular weight excluding hydrogens is 392 g/mol. The smallest absolute Gasteiger partial charge is 0.255 e. The average Bonchev–Trinajstić information content (AvgIpc) is 3.01. The summed E-state index contributed by atoms with van der Waals surface area (Å²) in [5.41, 5.74) is 1.93. The van der Waals surface area contributed by atoms with Crippen LogP contribution in [0, 0.1) is 5.92 Å². The van der Waals surface area contributed by atoms with Crippen LogP contribution in [0.1, 0.15) is 41.4 Å². The van der Waals surface area contributed by atoms with Crippen molar-refractivity contribution in [2.24, 2.45) is 5.92 Å². The number of methoxy groups -OCH3 is 1. The first-order chi connectivity index (χ1) is 13.7. The molecule has 3 N–H and O–H groups in total. The van der Waals surface area contributed by atoms with Gasteiger partial charge in [0.25, 0.3) is 5.91 Å². The lowest BCUT2D eigenvalue weighted by Crippen LogP contribution is -2.34. The number of carbonyl (C=O) groups excluding carboxylic acids is 1. The maximum atomic E-state index is 13.0. The minimum atomic E-state index is -3.76. The summed E-state index contributed by atoms with van der Waals surface area (Å²) in [6.07, 6.45) is -0.298. The van der Waals surface area contributed by atoms with Crippen LogP contribution in [0.25, 0.3) is 0 Å². The van der Waals surface area contributed by atoms with E-state index >= 15 is 0 Å². The Balaban J connectivity index is 1.88.